The van der Waals surface area contributed by atoms with Gasteiger partial charge in [-0.05, 0) is 31.0 Å². The summed E-state index contributed by atoms with van der Waals surface area (Å²) in [4.78, 5) is 20.7. The highest BCUT2D eigenvalue weighted by molar-refractivity contribution is 5.92. The molecule has 2 rings (SSSR count). The summed E-state index contributed by atoms with van der Waals surface area (Å²) in [7, 11) is 1.59. The summed E-state index contributed by atoms with van der Waals surface area (Å²) >= 11 is 0. The van der Waals surface area contributed by atoms with Crippen molar-refractivity contribution in [3.05, 3.63) is 52.8 Å². The second kappa shape index (κ2) is 8.24. The van der Waals surface area contributed by atoms with Gasteiger partial charge in [0.25, 0.3) is 5.91 Å². The summed E-state index contributed by atoms with van der Waals surface area (Å²) in [5.74, 6) is 0.219. The molecule has 0 aliphatic heterocycles. The van der Waals surface area contributed by atoms with Gasteiger partial charge >= 0.3 is 0 Å². The van der Waals surface area contributed by atoms with Gasteiger partial charge in [0.2, 0.25) is 5.95 Å². The Morgan fingerprint density at radius 3 is 2.74 bits per heavy atom. The molecule has 0 saturated carbocycles. The Labute approximate surface area is 136 Å². The SMILES string of the molecule is COCCNC(=O)c1cc(C)nc(NCc2ccccc2C)n1. The van der Waals surface area contributed by atoms with Crippen molar-refractivity contribution >= 4 is 11.9 Å². The van der Waals surface area contributed by atoms with Crippen molar-refractivity contribution in [2.75, 3.05) is 25.6 Å². The number of hydrogen-bond acceptors (Lipinski definition) is 5. The molecule has 0 saturated heterocycles. The lowest BCUT2D eigenvalue weighted by molar-refractivity contribution is 0.0932. The number of amides is 1. The molecule has 1 aromatic carbocycles. The molecule has 0 fully saturated rings. The topological polar surface area (TPSA) is 76.1 Å². The summed E-state index contributed by atoms with van der Waals surface area (Å²) in [6.45, 7) is 5.43. The highest BCUT2D eigenvalue weighted by Gasteiger charge is 2.10. The molecule has 0 radical (unpaired) electrons. The van der Waals surface area contributed by atoms with Crippen LogP contribution in [0.25, 0.3) is 0 Å². The lowest BCUT2D eigenvalue weighted by atomic mass is 10.1. The van der Waals surface area contributed by atoms with E-state index in [1.807, 2.05) is 19.1 Å². The number of aromatic nitrogens is 2. The van der Waals surface area contributed by atoms with Gasteiger partial charge in [-0.25, -0.2) is 9.97 Å². The molecule has 1 heterocycles. The van der Waals surface area contributed by atoms with Crippen molar-refractivity contribution in [1.29, 1.82) is 0 Å². The molecule has 0 atom stereocenters. The van der Waals surface area contributed by atoms with E-state index in [4.69, 9.17) is 4.74 Å². The Morgan fingerprint density at radius 2 is 2.00 bits per heavy atom. The molecule has 0 spiro atoms. The van der Waals surface area contributed by atoms with Crippen molar-refractivity contribution in [3.8, 4) is 0 Å². The van der Waals surface area contributed by atoms with Crippen LogP contribution in [0.5, 0.6) is 0 Å². The zero-order chi connectivity index (χ0) is 16.7. The first-order valence-corrected chi connectivity index (χ1v) is 7.51. The zero-order valence-electron chi connectivity index (χ0n) is 13.7. The van der Waals surface area contributed by atoms with E-state index in [1.54, 1.807) is 13.2 Å². The Hall–Kier alpha value is -2.47. The van der Waals surface area contributed by atoms with E-state index >= 15 is 0 Å². The minimum absolute atomic E-state index is 0.230. The number of aryl methyl sites for hydroxylation is 2. The number of nitrogens with one attached hydrogen (secondary N) is 2. The Bertz CT molecular complexity index is 673. The highest BCUT2D eigenvalue weighted by Crippen LogP contribution is 2.10. The summed E-state index contributed by atoms with van der Waals surface area (Å²) in [6, 6.07) is 9.78. The Kier molecular flexibility index (Phi) is 6.05. The number of hydrogen-bond donors (Lipinski definition) is 2. The number of anilines is 1. The van der Waals surface area contributed by atoms with Gasteiger partial charge in [0.15, 0.2) is 0 Å². The molecular weight excluding hydrogens is 292 g/mol. The first kappa shape index (κ1) is 16.9. The predicted molar refractivity (Wildman–Crippen MR) is 89.5 cm³/mol. The maximum absolute atomic E-state index is 12.1. The van der Waals surface area contributed by atoms with Crippen LogP contribution in [0.2, 0.25) is 0 Å². The minimum Gasteiger partial charge on any atom is -0.383 e. The first-order valence-electron chi connectivity index (χ1n) is 7.51. The van der Waals surface area contributed by atoms with E-state index < -0.39 is 0 Å². The zero-order valence-corrected chi connectivity index (χ0v) is 13.7. The molecule has 6 nitrogen and oxygen atoms in total. The van der Waals surface area contributed by atoms with E-state index in [0.717, 1.165) is 5.69 Å². The maximum atomic E-state index is 12.1. The normalized spacial score (nSPS) is 10.4. The summed E-state index contributed by atoms with van der Waals surface area (Å²) in [5.41, 5.74) is 3.46. The van der Waals surface area contributed by atoms with E-state index in [0.29, 0.717) is 31.3 Å². The molecule has 1 aromatic heterocycles. The van der Waals surface area contributed by atoms with Crippen LogP contribution in [0.3, 0.4) is 0 Å². The van der Waals surface area contributed by atoms with Crippen LogP contribution >= 0.6 is 0 Å². The van der Waals surface area contributed by atoms with Crippen molar-refractivity contribution in [2.24, 2.45) is 0 Å². The third-order valence-electron chi connectivity index (χ3n) is 3.38. The van der Waals surface area contributed by atoms with Gasteiger partial charge in [0.1, 0.15) is 5.69 Å². The maximum Gasteiger partial charge on any atom is 0.270 e. The van der Waals surface area contributed by atoms with Crippen LogP contribution < -0.4 is 10.6 Å². The standard InChI is InChI=1S/C17H22N4O2/c1-12-6-4-5-7-14(12)11-19-17-20-13(2)10-15(21-17)16(22)18-8-9-23-3/h4-7,10H,8-9,11H2,1-3H3,(H,18,22)(H,19,20,21). The van der Waals surface area contributed by atoms with E-state index in [1.165, 1.54) is 11.1 Å². The van der Waals surface area contributed by atoms with Crippen molar-refractivity contribution in [2.45, 2.75) is 20.4 Å². The third kappa shape index (κ3) is 5.03. The average molecular weight is 314 g/mol. The smallest absolute Gasteiger partial charge is 0.270 e. The van der Waals surface area contributed by atoms with Gasteiger partial charge in [-0.15, -0.1) is 0 Å². The van der Waals surface area contributed by atoms with Crippen LogP contribution in [-0.4, -0.2) is 36.1 Å². The van der Waals surface area contributed by atoms with Gasteiger partial charge in [0.05, 0.1) is 6.61 Å². The fraction of sp³-hybridized carbons (Fsp3) is 0.353. The van der Waals surface area contributed by atoms with Gasteiger partial charge in [-0.1, -0.05) is 24.3 Å². The first-order chi connectivity index (χ1) is 11.1. The Morgan fingerprint density at radius 1 is 1.22 bits per heavy atom. The molecule has 0 unspecified atom stereocenters. The lowest BCUT2D eigenvalue weighted by Crippen LogP contribution is -2.28. The van der Waals surface area contributed by atoms with Gasteiger partial charge in [-0.3, -0.25) is 4.79 Å². The largest absolute Gasteiger partial charge is 0.383 e. The average Bonchev–Trinajstić information content (AvgIpc) is 2.54. The van der Waals surface area contributed by atoms with E-state index in [-0.39, 0.29) is 5.91 Å². The molecule has 23 heavy (non-hydrogen) atoms. The summed E-state index contributed by atoms with van der Waals surface area (Å²) in [6.07, 6.45) is 0. The molecule has 0 aliphatic rings. The molecule has 6 heteroatoms. The van der Waals surface area contributed by atoms with Gasteiger partial charge < -0.3 is 15.4 Å². The van der Waals surface area contributed by atoms with E-state index in [2.05, 4.69) is 39.7 Å². The summed E-state index contributed by atoms with van der Waals surface area (Å²) < 4.78 is 4.91. The second-order valence-electron chi connectivity index (χ2n) is 5.25. The third-order valence-corrected chi connectivity index (χ3v) is 3.38. The fourth-order valence-electron chi connectivity index (χ4n) is 2.10. The minimum atomic E-state index is -0.230. The number of carbonyl (C=O) groups excluding carboxylic acids is 1. The second-order valence-corrected chi connectivity index (χ2v) is 5.25. The van der Waals surface area contributed by atoms with E-state index in [9.17, 15) is 4.79 Å². The van der Waals surface area contributed by atoms with Crippen molar-refractivity contribution in [3.63, 3.8) is 0 Å². The highest BCUT2D eigenvalue weighted by atomic mass is 16.5. The van der Waals surface area contributed by atoms with Crippen LogP contribution in [-0.2, 0) is 11.3 Å². The number of nitrogens with zero attached hydrogens (tertiary/aromatic N) is 2. The van der Waals surface area contributed by atoms with Crippen LogP contribution in [0.1, 0.15) is 27.3 Å². The van der Waals surface area contributed by atoms with Crippen molar-refractivity contribution in [1.82, 2.24) is 15.3 Å². The Balaban J connectivity index is 2.05. The van der Waals surface area contributed by atoms with Gasteiger partial charge in [-0.2, -0.15) is 0 Å². The number of ether oxygens (including phenoxy) is 1. The molecule has 2 N–H and O–H groups in total. The van der Waals surface area contributed by atoms with Gasteiger partial charge in [0, 0.05) is 25.9 Å². The monoisotopic (exact) mass is 314 g/mol. The number of benzene rings is 1. The van der Waals surface area contributed by atoms with Crippen LogP contribution in [0, 0.1) is 13.8 Å². The number of carbonyl (C=O) groups is 1. The van der Waals surface area contributed by atoms with Crippen LogP contribution in [0.4, 0.5) is 5.95 Å². The molecule has 2 aromatic rings. The predicted octanol–water partition coefficient (Wildman–Crippen LogP) is 2.08. The van der Waals surface area contributed by atoms with Crippen LogP contribution in [0.15, 0.2) is 30.3 Å². The summed E-state index contributed by atoms with van der Waals surface area (Å²) in [5, 5.41) is 5.93. The lowest BCUT2D eigenvalue weighted by Gasteiger charge is -2.10. The number of methoxy groups -OCH3 is 1. The molecule has 122 valence electrons. The molecule has 0 bridgehead atoms. The molecular formula is C17H22N4O2. The molecule has 0 aliphatic carbocycles. The quantitative estimate of drug-likeness (QED) is 0.765. The fourth-order valence-corrected chi connectivity index (χ4v) is 2.10. The molecule has 1 amide bonds. The van der Waals surface area contributed by atoms with Crippen molar-refractivity contribution < 1.29 is 9.53 Å². The number of rotatable bonds is 7.